The van der Waals surface area contributed by atoms with Gasteiger partial charge in [-0.15, -0.1) is 0 Å². The quantitative estimate of drug-likeness (QED) is 0.382. The first-order chi connectivity index (χ1) is 17.9. The summed E-state index contributed by atoms with van der Waals surface area (Å²) in [6.45, 7) is 3.55. The number of aliphatic carboxylic acids is 1. The highest BCUT2D eigenvalue weighted by molar-refractivity contribution is 8.19. The topological polar surface area (TPSA) is 91.3 Å². The van der Waals surface area contributed by atoms with E-state index >= 15 is 0 Å². The number of ether oxygens (including phenoxy) is 2. The number of amidine groups is 1. The number of methoxy groups -OCH3 is 1. The molecule has 0 N–H and O–H groups in total. The molecule has 4 rings (SSSR count). The highest BCUT2D eigenvalue weighted by atomic mass is 32.2. The third kappa shape index (κ3) is 5.86. The molecule has 1 saturated heterocycles. The van der Waals surface area contributed by atoms with Crippen molar-refractivity contribution in [3.8, 4) is 11.5 Å². The van der Waals surface area contributed by atoms with Gasteiger partial charge < -0.3 is 19.4 Å². The fourth-order valence-corrected chi connectivity index (χ4v) is 4.98. The van der Waals surface area contributed by atoms with Crippen LogP contribution in [0.4, 0.5) is 11.4 Å². The van der Waals surface area contributed by atoms with Crippen molar-refractivity contribution >= 4 is 46.3 Å². The normalized spacial score (nSPS) is 15.4. The molecule has 1 fully saturated rings. The molecule has 8 heteroatoms. The highest BCUT2D eigenvalue weighted by Gasteiger charge is 2.35. The van der Waals surface area contributed by atoms with Crippen LogP contribution in [0.5, 0.6) is 11.5 Å². The minimum absolute atomic E-state index is 0.171. The Morgan fingerprint density at radius 3 is 2.41 bits per heavy atom. The standard InChI is InChI=1S/C29H28N2O5S/c1-4-20-10-6-8-12-22(20)30-29-31(23-13-9-7-11-21(23)5-2)28(34)26(37-29)17-19-14-15-24(25(16-19)35-3)36-18-27(32)33/h6-17H,4-5,18H2,1-3H3,(H,32,33)/p-1/b26-17-,30-29?. The Bertz CT molecular complexity index is 1380. The molecular weight excluding hydrogens is 488 g/mol. The van der Waals surface area contributed by atoms with E-state index in [1.54, 1.807) is 29.2 Å². The second-order valence-corrected chi connectivity index (χ2v) is 9.19. The summed E-state index contributed by atoms with van der Waals surface area (Å²) in [7, 11) is 1.47. The highest BCUT2D eigenvalue weighted by Crippen LogP contribution is 2.40. The van der Waals surface area contributed by atoms with Crippen LogP contribution in [-0.2, 0) is 22.4 Å². The molecule has 37 heavy (non-hydrogen) atoms. The van der Waals surface area contributed by atoms with E-state index in [2.05, 4.69) is 13.8 Å². The molecule has 3 aromatic carbocycles. The second kappa shape index (κ2) is 11.8. The lowest BCUT2D eigenvalue weighted by Crippen LogP contribution is -2.29. The summed E-state index contributed by atoms with van der Waals surface area (Å²) in [4.78, 5) is 31.6. The van der Waals surface area contributed by atoms with Crippen LogP contribution in [-0.4, -0.2) is 30.8 Å². The number of carbonyl (C=O) groups excluding carboxylic acids is 2. The van der Waals surface area contributed by atoms with Gasteiger partial charge in [0.25, 0.3) is 5.91 Å². The van der Waals surface area contributed by atoms with Crippen LogP contribution >= 0.6 is 11.8 Å². The molecular formula is C29H27N2O5S-. The zero-order valence-corrected chi connectivity index (χ0v) is 21.7. The van der Waals surface area contributed by atoms with Crippen molar-refractivity contribution in [2.24, 2.45) is 4.99 Å². The summed E-state index contributed by atoms with van der Waals surface area (Å²) in [5.41, 5.74) is 4.48. The fourth-order valence-electron chi connectivity index (χ4n) is 3.99. The van der Waals surface area contributed by atoms with E-state index in [1.807, 2.05) is 48.5 Å². The smallest absolute Gasteiger partial charge is 0.271 e. The molecule has 0 atom stereocenters. The minimum Gasteiger partial charge on any atom is -0.546 e. The maximum absolute atomic E-state index is 13.8. The van der Waals surface area contributed by atoms with Crippen molar-refractivity contribution in [2.45, 2.75) is 26.7 Å². The number of rotatable bonds is 9. The van der Waals surface area contributed by atoms with Gasteiger partial charge in [0.1, 0.15) is 6.61 Å². The predicted octanol–water partition coefficient (Wildman–Crippen LogP) is 4.76. The molecule has 190 valence electrons. The number of hydrogen-bond acceptors (Lipinski definition) is 7. The summed E-state index contributed by atoms with van der Waals surface area (Å²) < 4.78 is 10.6. The number of amides is 1. The maximum atomic E-state index is 13.8. The second-order valence-electron chi connectivity index (χ2n) is 8.18. The number of aryl methyl sites for hydroxylation is 2. The van der Waals surface area contributed by atoms with E-state index in [0.29, 0.717) is 21.4 Å². The Morgan fingerprint density at radius 1 is 1.00 bits per heavy atom. The zero-order chi connectivity index (χ0) is 26.4. The molecule has 1 aliphatic rings. The number of nitrogens with zero attached hydrogens (tertiary/aromatic N) is 2. The number of thioether (sulfide) groups is 1. The van der Waals surface area contributed by atoms with Gasteiger partial charge in [0.2, 0.25) is 0 Å². The molecule has 0 radical (unpaired) electrons. The molecule has 0 aliphatic carbocycles. The zero-order valence-electron chi connectivity index (χ0n) is 20.9. The third-order valence-electron chi connectivity index (χ3n) is 5.84. The van der Waals surface area contributed by atoms with Crippen LogP contribution in [0.1, 0.15) is 30.5 Å². The van der Waals surface area contributed by atoms with E-state index in [0.717, 1.165) is 35.3 Å². The molecule has 1 amide bonds. The van der Waals surface area contributed by atoms with E-state index in [9.17, 15) is 14.7 Å². The van der Waals surface area contributed by atoms with Crippen LogP contribution in [0.15, 0.2) is 76.6 Å². The molecule has 0 bridgehead atoms. The molecule has 0 saturated carbocycles. The van der Waals surface area contributed by atoms with Crippen molar-refractivity contribution in [3.05, 3.63) is 88.3 Å². The first-order valence-corrected chi connectivity index (χ1v) is 12.8. The Hall–Kier alpha value is -4.04. The van der Waals surface area contributed by atoms with Crippen LogP contribution in [0, 0.1) is 0 Å². The van der Waals surface area contributed by atoms with Crippen molar-refractivity contribution < 1.29 is 24.2 Å². The summed E-state index contributed by atoms with van der Waals surface area (Å²) in [5.74, 6) is -0.874. The number of hydrogen-bond donors (Lipinski definition) is 0. The SMILES string of the molecule is CCc1ccccc1N=C1S/C(=C\c2ccc(OCC(=O)[O-])c(OC)c2)C(=O)N1c1ccccc1CC. The van der Waals surface area contributed by atoms with Gasteiger partial charge in [0.15, 0.2) is 16.7 Å². The maximum Gasteiger partial charge on any atom is 0.271 e. The number of carboxylic acids is 1. The van der Waals surface area contributed by atoms with Crippen LogP contribution < -0.4 is 19.5 Å². The lowest BCUT2D eigenvalue weighted by Gasteiger charge is -2.19. The molecule has 0 spiro atoms. The van der Waals surface area contributed by atoms with Gasteiger partial charge in [0.05, 0.1) is 29.4 Å². The lowest BCUT2D eigenvalue weighted by molar-refractivity contribution is -0.307. The lowest BCUT2D eigenvalue weighted by atomic mass is 10.1. The molecule has 1 aliphatic heterocycles. The fraction of sp³-hybridized carbons (Fsp3) is 0.207. The van der Waals surface area contributed by atoms with Gasteiger partial charge in [-0.25, -0.2) is 4.99 Å². The molecule has 0 aromatic heterocycles. The Balaban J connectivity index is 1.76. The number of para-hydroxylation sites is 2. The summed E-state index contributed by atoms with van der Waals surface area (Å²) in [6, 6.07) is 20.8. The van der Waals surface area contributed by atoms with Gasteiger partial charge in [0, 0.05) is 0 Å². The van der Waals surface area contributed by atoms with Crippen molar-refractivity contribution in [1.29, 1.82) is 0 Å². The monoisotopic (exact) mass is 515 g/mol. The number of aliphatic imine (C=N–C) groups is 1. The Morgan fingerprint density at radius 2 is 1.70 bits per heavy atom. The largest absolute Gasteiger partial charge is 0.546 e. The van der Waals surface area contributed by atoms with E-state index in [4.69, 9.17) is 14.5 Å². The van der Waals surface area contributed by atoms with Crippen molar-refractivity contribution in [1.82, 2.24) is 0 Å². The summed E-state index contributed by atoms with van der Waals surface area (Å²) >= 11 is 1.31. The average Bonchev–Trinajstić information content (AvgIpc) is 3.21. The van der Waals surface area contributed by atoms with Crippen molar-refractivity contribution in [3.63, 3.8) is 0 Å². The number of benzene rings is 3. The van der Waals surface area contributed by atoms with Gasteiger partial charge in [-0.3, -0.25) is 9.69 Å². The predicted molar refractivity (Wildman–Crippen MR) is 145 cm³/mol. The van der Waals surface area contributed by atoms with Gasteiger partial charge in [-0.1, -0.05) is 56.3 Å². The molecule has 0 unspecified atom stereocenters. The van der Waals surface area contributed by atoms with Gasteiger partial charge in [-0.05, 0) is 71.6 Å². The minimum atomic E-state index is -1.33. The first-order valence-electron chi connectivity index (χ1n) is 11.9. The summed E-state index contributed by atoms with van der Waals surface area (Å²) in [5, 5.41) is 11.3. The van der Waals surface area contributed by atoms with Crippen molar-refractivity contribution in [2.75, 3.05) is 18.6 Å². The average molecular weight is 516 g/mol. The van der Waals surface area contributed by atoms with Crippen LogP contribution in [0.25, 0.3) is 6.08 Å². The number of carbonyl (C=O) groups is 2. The van der Waals surface area contributed by atoms with Crippen LogP contribution in [0.3, 0.4) is 0 Å². The van der Waals surface area contributed by atoms with E-state index < -0.39 is 12.6 Å². The van der Waals surface area contributed by atoms with Gasteiger partial charge in [-0.2, -0.15) is 0 Å². The molecule has 1 heterocycles. The van der Waals surface area contributed by atoms with E-state index in [1.165, 1.54) is 18.9 Å². The number of anilines is 1. The third-order valence-corrected chi connectivity index (χ3v) is 6.81. The Labute approximate surface area is 220 Å². The molecule has 7 nitrogen and oxygen atoms in total. The number of carboxylic acid groups (broad SMARTS) is 1. The van der Waals surface area contributed by atoms with Crippen LogP contribution in [0.2, 0.25) is 0 Å². The van der Waals surface area contributed by atoms with E-state index in [-0.39, 0.29) is 11.7 Å². The summed E-state index contributed by atoms with van der Waals surface area (Å²) in [6.07, 6.45) is 3.37. The first kappa shape index (κ1) is 26.0. The molecule has 3 aromatic rings. The van der Waals surface area contributed by atoms with Gasteiger partial charge >= 0.3 is 0 Å². The Kier molecular flexibility index (Phi) is 8.30.